The normalized spacial score (nSPS) is 10.6. The number of furan rings is 1. The zero-order chi connectivity index (χ0) is 17.1. The molecule has 3 rings (SSSR count). The molecule has 0 fully saturated rings. The number of benzene rings is 1. The highest BCUT2D eigenvalue weighted by molar-refractivity contribution is 9.10. The minimum absolute atomic E-state index is 0.234. The number of rotatable bonds is 6. The standard InChI is InChI=1S/C15H12BrN3O4S/c1-21-9-3-8(4-10(5-9)22-2)13-17-15(19-18-13)24-14-12(16)6-11(7-20)23-14/h3-7H,1-2H3,(H,17,18,19). The van der Waals surface area contributed by atoms with Crippen LogP contribution in [0.5, 0.6) is 11.5 Å². The van der Waals surface area contributed by atoms with E-state index in [1.54, 1.807) is 26.4 Å². The first-order valence-corrected chi connectivity index (χ1v) is 8.32. The summed E-state index contributed by atoms with van der Waals surface area (Å²) in [5.41, 5.74) is 0.776. The lowest BCUT2D eigenvalue weighted by molar-refractivity contribution is 0.109. The number of methoxy groups -OCH3 is 2. The Labute approximate surface area is 149 Å². The van der Waals surface area contributed by atoms with Crippen molar-refractivity contribution in [3.63, 3.8) is 0 Å². The lowest BCUT2D eigenvalue weighted by atomic mass is 10.2. The van der Waals surface area contributed by atoms with Crippen molar-refractivity contribution in [2.75, 3.05) is 14.2 Å². The van der Waals surface area contributed by atoms with Gasteiger partial charge in [0, 0.05) is 17.7 Å². The fraction of sp³-hybridized carbons (Fsp3) is 0.133. The summed E-state index contributed by atoms with van der Waals surface area (Å²) < 4.78 is 16.5. The van der Waals surface area contributed by atoms with E-state index in [1.807, 2.05) is 12.1 Å². The number of aromatic nitrogens is 3. The maximum atomic E-state index is 10.7. The summed E-state index contributed by atoms with van der Waals surface area (Å²) in [4.78, 5) is 15.2. The topological polar surface area (TPSA) is 90.2 Å². The van der Waals surface area contributed by atoms with Gasteiger partial charge in [-0.25, -0.2) is 4.98 Å². The second-order valence-electron chi connectivity index (χ2n) is 4.57. The molecule has 3 aromatic rings. The second-order valence-corrected chi connectivity index (χ2v) is 6.37. The van der Waals surface area contributed by atoms with E-state index in [9.17, 15) is 4.79 Å². The summed E-state index contributed by atoms with van der Waals surface area (Å²) in [6.07, 6.45) is 0.640. The van der Waals surface area contributed by atoms with Crippen LogP contribution in [0.15, 0.2) is 43.4 Å². The lowest BCUT2D eigenvalue weighted by Crippen LogP contribution is -1.89. The number of hydrogen-bond acceptors (Lipinski definition) is 7. The summed E-state index contributed by atoms with van der Waals surface area (Å²) in [6, 6.07) is 7.02. The van der Waals surface area contributed by atoms with Crippen molar-refractivity contribution in [1.29, 1.82) is 0 Å². The van der Waals surface area contributed by atoms with Crippen molar-refractivity contribution in [3.8, 4) is 22.9 Å². The first kappa shape index (κ1) is 16.6. The Morgan fingerprint density at radius 2 is 1.92 bits per heavy atom. The summed E-state index contributed by atoms with van der Waals surface area (Å²) >= 11 is 4.53. The molecule has 0 spiro atoms. The van der Waals surface area contributed by atoms with Crippen LogP contribution >= 0.6 is 27.7 Å². The molecule has 0 aliphatic rings. The molecule has 124 valence electrons. The minimum Gasteiger partial charge on any atom is -0.497 e. The zero-order valence-electron chi connectivity index (χ0n) is 12.7. The van der Waals surface area contributed by atoms with Crippen LogP contribution in [-0.4, -0.2) is 35.7 Å². The molecule has 1 N–H and O–H groups in total. The predicted octanol–water partition coefficient (Wildman–Crippen LogP) is 3.81. The SMILES string of the molecule is COc1cc(OC)cc(-c2nc(Sc3oc(C=O)cc3Br)n[nH]2)c1. The van der Waals surface area contributed by atoms with E-state index in [1.165, 1.54) is 11.8 Å². The first-order valence-electron chi connectivity index (χ1n) is 6.71. The number of carbonyl (C=O) groups is 1. The number of nitrogens with one attached hydrogen (secondary N) is 1. The van der Waals surface area contributed by atoms with Gasteiger partial charge in [-0.05, 0) is 39.8 Å². The maximum absolute atomic E-state index is 10.7. The molecule has 0 atom stereocenters. The molecule has 0 radical (unpaired) electrons. The molecule has 0 aliphatic carbocycles. The van der Waals surface area contributed by atoms with E-state index < -0.39 is 0 Å². The molecule has 24 heavy (non-hydrogen) atoms. The average molecular weight is 410 g/mol. The number of hydrogen-bond donors (Lipinski definition) is 1. The quantitative estimate of drug-likeness (QED) is 0.618. The number of aldehydes is 1. The van der Waals surface area contributed by atoms with E-state index in [0.29, 0.717) is 38.3 Å². The molecule has 0 bridgehead atoms. The summed E-state index contributed by atoms with van der Waals surface area (Å²) in [5, 5.41) is 7.98. The Morgan fingerprint density at radius 1 is 1.21 bits per heavy atom. The average Bonchev–Trinajstić information content (AvgIpc) is 3.21. The van der Waals surface area contributed by atoms with Crippen molar-refractivity contribution in [3.05, 3.63) is 34.5 Å². The van der Waals surface area contributed by atoms with Crippen molar-refractivity contribution in [2.45, 2.75) is 10.2 Å². The van der Waals surface area contributed by atoms with Gasteiger partial charge < -0.3 is 13.9 Å². The second kappa shape index (κ2) is 7.10. The Morgan fingerprint density at radius 3 is 2.50 bits per heavy atom. The summed E-state index contributed by atoms with van der Waals surface area (Å²) in [6.45, 7) is 0. The van der Waals surface area contributed by atoms with Gasteiger partial charge in [0.2, 0.25) is 5.16 Å². The van der Waals surface area contributed by atoms with Crippen LogP contribution < -0.4 is 9.47 Å². The highest BCUT2D eigenvalue weighted by Gasteiger charge is 2.15. The largest absolute Gasteiger partial charge is 0.497 e. The number of ether oxygens (including phenoxy) is 2. The van der Waals surface area contributed by atoms with Crippen LogP contribution in [0.4, 0.5) is 0 Å². The Bertz CT molecular complexity index is 855. The van der Waals surface area contributed by atoms with E-state index >= 15 is 0 Å². The van der Waals surface area contributed by atoms with Crippen molar-refractivity contribution < 1.29 is 18.7 Å². The fourth-order valence-corrected chi connectivity index (χ4v) is 3.18. The van der Waals surface area contributed by atoms with Gasteiger partial charge >= 0.3 is 0 Å². The smallest absolute Gasteiger partial charge is 0.216 e. The Hall–Kier alpha value is -2.26. The zero-order valence-corrected chi connectivity index (χ0v) is 15.1. The minimum atomic E-state index is 0.234. The van der Waals surface area contributed by atoms with E-state index in [4.69, 9.17) is 13.9 Å². The summed E-state index contributed by atoms with van der Waals surface area (Å²) in [7, 11) is 3.17. The van der Waals surface area contributed by atoms with Crippen molar-refractivity contribution in [1.82, 2.24) is 15.2 Å². The highest BCUT2D eigenvalue weighted by Crippen LogP contribution is 2.35. The molecule has 2 aromatic heterocycles. The fourth-order valence-electron chi connectivity index (χ4n) is 1.94. The maximum Gasteiger partial charge on any atom is 0.216 e. The van der Waals surface area contributed by atoms with E-state index in [0.717, 1.165) is 5.56 Å². The molecule has 1 aromatic carbocycles. The van der Waals surface area contributed by atoms with Gasteiger partial charge in [0.1, 0.15) is 11.5 Å². The monoisotopic (exact) mass is 409 g/mol. The predicted molar refractivity (Wildman–Crippen MR) is 90.8 cm³/mol. The third-order valence-corrected chi connectivity index (χ3v) is 4.77. The Kier molecular flexibility index (Phi) is 4.91. The van der Waals surface area contributed by atoms with E-state index in [-0.39, 0.29) is 5.76 Å². The van der Waals surface area contributed by atoms with Gasteiger partial charge in [0.15, 0.2) is 23.0 Å². The molecule has 9 heteroatoms. The first-order chi connectivity index (χ1) is 11.6. The van der Waals surface area contributed by atoms with Crippen LogP contribution in [0.1, 0.15) is 10.6 Å². The van der Waals surface area contributed by atoms with Crippen LogP contribution in [0, 0.1) is 0 Å². The number of H-pyrrole nitrogens is 1. The molecule has 0 amide bonds. The molecular formula is C15H12BrN3O4S. The van der Waals surface area contributed by atoms with Crippen molar-refractivity contribution >= 4 is 34.0 Å². The summed E-state index contributed by atoms with van der Waals surface area (Å²) in [5.74, 6) is 2.10. The Balaban J connectivity index is 1.87. The van der Waals surface area contributed by atoms with Gasteiger partial charge in [-0.1, -0.05) is 0 Å². The molecule has 0 saturated carbocycles. The molecule has 0 unspecified atom stereocenters. The number of halogens is 1. The van der Waals surface area contributed by atoms with E-state index in [2.05, 4.69) is 31.1 Å². The molecule has 0 aliphatic heterocycles. The molecule has 2 heterocycles. The van der Waals surface area contributed by atoms with Gasteiger partial charge in [-0.15, -0.1) is 5.10 Å². The third-order valence-electron chi connectivity index (χ3n) is 3.06. The highest BCUT2D eigenvalue weighted by atomic mass is 79.9. The van der Waals surface area contributed by atoms with Crippen LogP contribution in [0.2, 0.25) is 0 Å². The molecular weight excluding hydrogens is 398 g/mol. The van der Waals surface area contributed by atoms with Crippen LogP contribution in [-0.2, 0) is 0 Å². The van der Waals surface area contributed by atoms with Crippen LogP contribution in [0.25, 0.3) is 11.4 Å². The number of carbonyl (C=O) groups excluding carboxylic acids is 1. The van der Waals surface area contributed by atoms with Gasteiger partial charge in [0.25, 0.3) is 0 Å². The van der Waals surface area contributed by atoms with Crippen LogP contribution in [0.3, 0.4) is 0 Å². The molecule has 0 saturated heterocycles. The van der Waals surface area contributed by atoms with Crippen molar-refractivity contribution in [2.24, 2.45) is 0 Å². The molecule has 7 nitrogen and oxygen atoms in total. The lowest BCUT2D eigenvalue weighted by Gasteiger charge is -2.06. The number of nitrogens with zero attached hydrogens (tertiary/aromatic N) is 2. The van der Waals surface area contributed by atoms with Gasteiger partial charge in [-0.3, -0.25) is 9.89 Å². The third kappa shape index (κ3) is 3.46. The van der Waals surface area contributed by atoms with Gasteiger partial charge in [0.05, 0.1) is 18.7 Å². The van der Waals surface area contributed by atoms with Gasteiger partial charge in [-0.2, -0.15) is 0 Å². The number of aromatic amines is 1.